The lowest BCUT2D eigenvalue weighted by molar-refractivity contribution is -0.274. The Labute approximate surface area is 136 Å². The summed E-state index contributed by atoms with van der Waals surface area (Å²) in [5, 5.41) is 0. The summed E-state index contributed by atoms with van der Waals surface area (Å²) in [5.74, 6) is -1.08. The van der Waals surface area contributed by atoms with Gasteiger partial charge in [-0.15, -0.1) is 13.2 Å². The molecule has 2 aromatic rings. The highest BCUT2D eigenvalue weighted by atomic mass is 32.2. The molecule has 0 bridgehead atoms. The number of halogens is 4. The Morgan fingerprint density at radius 2 is 1.71 bits per heavy atom. The maximum atomic E-state index is 13.2. The monoisotopic (exact) mass is 363 g/mol. The predicted molar refractivity (Wildman–Crippen MR) is 78.2 cm³/mol. The predicted octanol–water partition coefficient (Wildman–Crippen LogP) is 3.55. The highest BCUT2D eigenvalue weighted by Crippen LogP contribution is 2.24. The fourth-order valence-corrected chi connectivity index (χ4v) is 3.14. The summed E-state index contributed by atoms with van der Waals surface area (Å²) in [4.78, 5) is -0.206. The Kier molecular flexibility index (Phi) is 5.14. The fourth-order valence-electron chi connectivity index (χ4n) is 1.95. The molecule has 0 spiro atoms. The Morgan fingerprint density at radius 3 is 2.25 bits per heavy atom. The minimum absolute atomic E-state index is 0.0921. The van der Waals surface area contributed by atoms with Gasteiger partial charge < -0.3 is 4.74 Å². The third-order valence-corrected chi connectivity index (χ3v) is 4.87. The van der Waals surface area contributed by atoms with Crippen LogP contribution in [0.25, 0.3) is 0 Å². The van der Waals surface area contributed by atoms with Crippen molar-refractivity contribution in [1.29, 1.82) is 0 Å². The van der Waals surface area contributed by atoms with E-state index in [4.69, 9.17) is 0 Å². The van der Waals surface area contributed by atoms with Crippen LogP contribution in [0.4, 0.5) is 17.6 Å². The van der Waals surface area contributed by atoms with Crippen molar-refractivity contribution in [3.63, 3.8) is 0 Å². The van der Waals surface area contributed by atoms with E-state index in [9.17, 15) is 26.0 Å². The number of nitrogens with zero attached hydrogens (tertiary/aromatic N) is 1. The number of alkyl halides is 3. The molecule has 0 N–H and O–H groups in total. The third-order valence-electron chi connectivity index (χ3n) is 3.07. The minimum atomic E-state index is -4.79. The van der Waals surface area contributed by atoms with Gasteiger partial charge in [0.2, 0.25) is 10.0 Å². The van der Waals surface area contributed by atoms with Crippen molar-refractivity contribution < 1.29 is 30.7 Å². The zero-order valence-electron chi connectivity index (χ0n) is 12.4. The van der Waals surface area contributed by atoms with Gasteiger partial charge >= 0.3 is 6.36 Å². The number of hydrogen-bond acceptors (Lipinski definition) is 3. The minimum Gasteiger partial charge on any atom is -0.406 e. The summed E-state index contributed by atoms with van der Waals surface area (Å²) in [5.41, 5.74) is 0.451. The summed E-state index contributed by atoms with van der Waals surface area (Å²) >= 11 is 0. The molecule has 0 aliphatic rings. The molecule has 24 heavy (non-hydrogen) atoms. The molecule has 0 atom stereocenters. The number of hydrogen-bond donors (Lipinski definition) is 0. The van der Waals surface area contributed by atoms with Crippen LogP contribution in [0, 0.1) is 5.82 Å². The van der Waals surface area contributed by atoms with Crippen LogP contribution in [-0.2, 0) is 16.6 Å². The SMILES string of the molecule is CN(Cc1ccc(OC(F)(F)F)cc1)S(=O)(=O)c1cccc(F)c1. The summed E-state index contributed by atoms with van der Waals surface area (Å²) in [6, 6.07) is 9.37. The van der Waals surface area contributed by atoms with Gasteiger partial charge in [-0.3, -0.25) is 0 Å². The van der Waals surface area contributed by atoms with Crippen molar-refractivity contribution in [2.45, 2.75) is 17.8 Å². The number of ether oxygens (including phenoxy) is 1. The van der Waals surface area contributed by atoms with Gasteiger partial charge in [0.25, 0.3) is 0 Å². The zero-order chi connectivity index (χ0) is 18.0. The Hall–Kier alpha value is -2.13. The lowest BCUT2D eigenvalue weighted by atomic mass is 10.2. The van der Waals surface area contributed by atoms with Gasteiger partial charge in [0, 0.05) is 13.6 Å². The average molecular weight is 363 g/mol. The van der Waals surface area contributed by atoms with Gasteiger partial charge in [0.1, 0.15) is 11.6 Å². The van der Waals surface area contributed by atoms with E-state index >= 15 is 0 Å². The Balaban J connectivity index is 2.13. The summed E-state index contributed by atoms with van der Waals surface area (Å²) in [6.45, 7) is -0.0921. The first kappa shape index (κ1) is 18.2. The first-order valence-electron chi connectivity index (χ1n) is 6.64. The smallest absolute Gasteiger partial charge is 0.406 e. The molecule has 0 aromatic heterocycles. The average Bonchev–Trinajstić information content (AvgIpc) is 2.47. The first-order chi connectivity index (χ1) is 11.1. The standard InChI is InChI=1S/C15H13F4NO3S/c1-20(24(21,22)14-4-2-3-12(16)9-14)10-11-5-7-13(8-6-11)23-15(17,18)19/h2-9H,10H2,1H3. The van der Waals surface area contributed by atoms with Gasteiger partial charge in [0.15, 0.2) is 0 Å². The quantitative estimate of drug-likeness (QED) is 0.764. The molecule has 4 nitrogen and oxygen atoms in total. The van der Waals surface area contributed by atoms with Crippen LogP contribution >= 0.6 is 0 Å². The molecule has 9 heteroatoms. The van der Waals surface area contributed by atoms with E-state index in [-0.39, 0.29) is 11.4 Å². The second-order valence-corrected chi connectivity index (χ2v) is 6.96. The van der Waals surface area contributed by atoms with Gasteiger partial charge in [-0.1, -0.05) is 18.2 Å². The van der Waals surface area contributed by atoms with E-state index < -0.39 is 28.0 Å². The molecule has 130 valence electrons. The van der Waals surface area contributed by atoms with Crippen LogP contribution in [0.2, 0.25) is 0 Å². The maximum absolute atomic E-state index is 13.2. The summed E-state index contributed by atoms with van der Waals surface area (Å²) in [6.07, 6.45) is -4.79. The Bertz CT molecular complexity index is 804. The van der Waals surface area contributed by atoms with Gasteiger partial charge in [-0.25, -0.2) is 12.8 Å². The zero-order valence-corrected chi connectivity index (χ0v) is 13.2. The number of rotatable bonds is 5. The van der Waals surface area contributed by atoms with Crippen molar-refractivity contribution in [2.75, 3.05) is 7.05 Å². The van der Waals surface area contributed by atoms with Crippen LogP contribution in [0.1, 0.15) is 5.56 Å². The second-order valence-electron chi connectivity index (χ2n) is 4.91. The third kappa shape index (κ3) is 4.68. The van der Waals surface area contributed by atoms with E-state index in [1.54, 1.807) is 0 Å². The lowest BCUT2D eigenvalue weighted by Crippen LogP contribution is -2.26. The van der Waals surface area contributed by atoms with Crippen LogP contribution in [0.5, 0.6) is 5.75 Å². The van der Waals surface area contributed by atoms with E-state index in [0.717, 1.165) is 28.6 Å². The van der Waals surface area contributed by atoms with Crippen molar-refractivity contribution >= 4 is 10.0 Å². The molecule has 0 unspecified atom stereocenters. The largest absolute Gasteiger partial charge is 0.573 e. The van der Waals surface area contributed by atoms with Crippen LogP contribution in [0.3, 0.4) is 0 Å². The van der Waals surface area contributed by atoms with Crippen LogP contribution in [0.15, 0.2) is 53.4 Å². The van der Waals surface area contributed by atoms with Gasteiger partial charge in [-0.2, -0.15) is 4.31 Å². The van der Waals surface area contributed by atoms with Crippen molar-refractivity contribution in [2.24, 2.45) is 0 Å². The molecule has 0 amide bonds. The van der Waals surface area contributed by atoms with Crippen LogP contribution in [-0.4, -0.2) is 26.1 Å². The van der Waals surface area contributed by atoms with Crippen molar-refractivity contribution in [1.82, 2.24) is 4.31 Å². The normalized spacial score (nSPS) is 12.4. The van der Waals surface area contributed by atoms with Gasteiger partial charge in [-0.05, 0) is 35.9 Å². The molecule has 0 aliphatic heterocycles. The highest BCUT2D eigenvalue weighted by molar-refractivity contribution is 7.89. The summed E-state index contributed by atoms with van der Waals surface area (Å²) < 4.78 is 78.8. The molecule has 0 aliphatic carbocycles. The number of sulfonamides is 1. The lowest BCUT2D eigenvalue weighted by Gasteiger charge is -2.17. The molecular formula is C15H13F4NO3S. The molecule has 2 aromatic carbocycles. The second kappa shape index (κ2) is 6.78. The van der Waals surface area contributed by atoms with E-state index in [2.05, 4.69) is 4.74 Å². The Morgan fingerprint density at radius 1 is 1.08 bits per heavy atom. The topological polar surface area (TPSA) is 46.6 Å². The molecular weight excluding hydrogens is 350 g/mol. The molecule has 2 rings (SSSR count). The van der Waals surface area contributed by atoms with E-state index in [1.807, 2.05) is 0 Å². The van der Waals surface area contributed by atoms with Crippen molar-refractivity contribution in [3.8, 4) is 5.75 Å². The molecule has 0 saturated carbocycles. The van der Waals surface area contributed by atoms with E-state index in [0.29, 0.717) is 5.56 Å². The van der Waals surface area contributed by atoms with Crippen molar-refractivity contribution in [3.05, 3.63) is 59.9 Å². The maximum Gasteiger partial charge on any atom is 0.573 e. The van der Waals surface area contributed by atoms with E-state index in [1.165, 1.54) is 31.3 Å². The highest BCUT2D eigenvalue weighted by Gasteiger charge is 2.31. The summed E-state index contributed by atoms with van der Waals surface area (Å²) in [7, 11) is -2.62. The fraction of sp³-hybridized carbons (Fsp3) is 0.200. The number of benzene rings is 2. The molecule has 0 saturated heterocycles. The first-order valence-corrected chi connectivity index (χ1v) is 8.08. The van der Waals surface area contributed by atoms with Crippen LogP contribution < -0.4 is 4.74 Å². The molecule has 0 fully saturated rings. The molecule has 0 heterocycles. The van der Waals surface area contributed by atoms with Gasteiger partial charge in [0.05, 0.1) is 4.90 Å². The molecule has 0 radical (unpaired) electrons.